The van der Waals surface area contributed by atoms with E-state index in [1.807, 2.05) is 6.92 Å². The van der Waals surface area contributed by atoms with Crippen LogP contribution in [0, 0.1) is 11.6 Å². The summed E-state index contributed by atoms with van der Waals surface area (Å²) in [5, 5.41) is 10.2. The molecule has 0 bridgehead atoms. The van der Waals surface area contributed by atoms with E-state index in [9.17, 15) is 8.78 Å². The second-order valence-corrected chi connectivity index (χ2v) is 5.17. The number of rotatable bonds is 5. The maximum Gasteiger partial charge on any atom is 0.191 e. The molecule has 0 aliphatic rings. The van der Waals surface area contributed by atoms with E-state index in [1.54, 1.807) is 18.8 Å². The lowest BCUT2D eigenvalue weighted by Gasteiger charge is -2.16. The first-order valence-corrected chi connectivity index (χ1v) is 7.23. The van der Waals surface area contributed by atoms with Crippen molar-refractivity contribution in [3.05, 3.63) is 47.5 Å². The minimum absolute atomic E-state index is 0. The summed E-state index contributed by atoms with van der Waals surface area (Å²) >= 11 is 0. The molecule has 0 aliphatic heterocycles. The molecule has 0 saturated heterocycles. The Labute approximate surface area is 156 Å². The number of aryl methyl sites for hydroxylation is 1. The number of benzene rings is 1. The lowest BCUT2D eigenvalue weighted by molar-refractivity contribution is 0.555. The molecule has 2 aromatic rings. The number of hydrogen-bond acceptors (Lipinski definition) is 3. The Hall–Kier alpha value is -1.78. The van der Waals surface area contributed by atoms with Crippen LogP contribution < -0.4 is 10.6 Å². The van der Waals surface area contributed by atoms with Crippen molar-refractivity contribution >= 4 is 29.9 Å². The van der Waals surface area contributed by atoms with E-state index in [1.165, 1.54) is 18.5 Å². The third-order valence-electron chi connectivity index (χ3n) is 3.51. The van der Waals surface area contributed by atoms with Gasteiger partial charge in [0.2, 0.25) is 0 Å². The maximum absolute atomic E-state index is 13.8. The first-order chi connectivity index (χ1) is 11.0. The Morgan fingerprint density at radius 3 is 2.67 bits per heavy atom. The van der Waals surface area contributed by atoms with Gasteiger partial charge >= 0.3 is 0 Å². The molecule has 0 fully saturated rings. The zero-order chi connectivity index (χ0) is 16.8. The fourth-order valence-corrected chi connectivity index (χ4v) is 2.12. The van der Waals surface area contributed by atoms with Gasteiger partial charge in [-0.25, -0.2) is 13.8 Å². The van der Waals surface area contributed by atoms with Crippen LogP contribution in [-0.2, 0) is 13.6 Å². The van der Waals surface area contributed by atoms with Gasteiger partial charge in [0.15, 0.2) is 5.96 Å². The Bertz CT molecular complexity index is 688. The highest BCUT2D eigenvalue weighted by Crippen LogP contribution is 2.19. The first kappa shape index (κ1) is 20.3. The standard InChI is InChI=1S/C15H20F2N6.HI/c1-10(12-5-4-11(16)6-13(12)17)7-19-15(18-2)20-8-14-21-9-22-23(14)3;/h4-6,9-10H,7-8H2,1-3H3,(H2,18,19,20);1H. The van der Waals surface area contributed by atoms with E-state index in [2.05, 4.69) is 25.7 Å². The van der Waals surface area contributed by atoms with Crippen LogP contribution in [0.3, 0.4) is 0 Å². The maximum atomic E-state index is 13.8. The number of hydrogen-bond donors (Lipinski definition) is 2. The Morgan fingerprint density at radius 1 is 1.33 bits per heavy atom. The molecular weight excluding hydrogens is 429 g/mol. The molecule has 9 heteroatoms. The summed E-state index contributed by atoms with van der Waals surface area (Å²) in [5.74, 6) is 0.0887. The molecule has 0 spiro atoms. The molecule has 0 amide bonds. The van der Waals surface area contributed by atoms with Crippen molar-refractivity contribution in [3.63, 3.8) is 0 Å². The predicted molar refractivity (Wildman–Crippen MR) is 99.4 cm³/mol. The van der Waals surface area contributed by atoms with E-state index in [0.717, 1.165) is 11.9 Å². The number of guanidine groups is 1. The normalized spacial score (nSPS) is 12.5. The Kier molecular flexibility index (Phi) is 8.02. The van der Waals surface area contributed by atoms with Gasteiger partial charge in [-0.2, -0.15) is 5.10 Å². The molecule has 0 radical (unpaired) electrons. The van der Waals surface area contributed by atoms with Crippen LogP contribution in [0.1, 0.15) is 24.2 Å². The van der Waals surface area contributed by atoms with Crippen LogP contribution in [0.15, 0.2) is 29.5 Å². The second kappa shape index (κ2) is 9.50. The van der Waals surface area contributed by atoms with Gasteiger partial charge in [-0.3, -0.25) is 9.67 Å². The van der Waals surface area contributed by atoms with Gasteiger partial charge in [0.1, 0.15) is 23.8 Å². The van der Waals surface area contributed by atoms with E-state index >= 15 is 0 Å². The summed E-state index contributed by atoms with van der Waals surface area (Å²) in [5.41, 5.74) is 0.461. The fraction of sp³-hybridized carbons (Fsp3) is 0.400. The van der Waals surface area contributed by atoms with Crippen LogP contribution in [0.2, 0.25) is 0 Å². The summed E-state index contributed by atoms with van der Waals surface area (Å²) < 4.78 is 28.4. The van der Waals surface area contributed by atoms with E-state index in [-0.39, 0.29) is 29.9 Å². The van der Waals surface area contributed by atoms with Gasteiger partial charge in [0.05, 0.1) is 6.54 Å². The van der Waals surface area contributed by atoms with E-state index in [4.69, 9.17) is 0 Å². The molecule has 0 saturated carbocycles. The van der Waals surface area contributed by atoms with Crippen LogP contribution in [-0.4, -0.2) is 34.3 Å². The zero-order valence-corrected chi connectivity index (χ0v) is 16.1. The van der Waals surface area contributed by atoms with Crippen molar-refractivity contribution < 1.29 is 8.78 Å². The summed E-state index contributed by atoms with van der Waals surface area (Å²) in [4.78, 5) is 8.21. The highest BCUT2D eigenvalue weighted by molar-refractivity contribution is 14.0. The van der Waals surface area contributed by atoms with Gasteiger partial charge in [0.25, 0.3) is 0 Å². The molecule has 2 N–H and O–H groups in total. The lowest BCUT2D eigenvalue weighted by atomic mass is 10.0. The molecule has 132 valence electrons. The fourth-order valence-electron chi connectivity index (χ4n) is 2.12. The molecule has 24 heavy (non-hydrogen) atoms. The van der Waals surface area contributed by atoms with Crippen molar-refractivity contribution in [3.8, 4) is 0 Å². The summed E-state index contributed by atoms with van der Waals surface area (Å²) in [6.45, 7) is 2.79. The van der Waals surface area contributed by atoms with Crippen molar-refractivity contribution in [1.82, 2.24) is 25.4 Å². The largest absolute Gasteiger partial charge is 0.356 e. The highest BCUT2D eigenvalue weighted by Gasteiger charge is 2.12. The molecule has 0 aliphatic carbocycles. The van der Waals surface area contributed by atoms with Crippen LogP contribution >= 0.6 is 24.0 Å². The van der Waals surface area contributed by atoms with Crippen molar-refractivity contribution in [2.45, 2.75) is 19.4 Å². The minimum Gasteiger partial charge on any atom is -0.356 e. The van der Waals surface area contributed by atoms with Crippen LogP contribution in [0.4, 0.5) is 8.78 Å². The van der Waals surface area contributed by atoms with Gasteiger partial charge in [-0.05, 0) is 11.6 Å². The minimum atomic E-state index is -0.576. The van der Waals surface area contributed by atoms with Gasteiger partial charge in [-0.15, -0.1) is 24.0 Å². The average molecular weight is 450 g/mol. The molecule has 1 heterocycles. The Balaban J connectivity index is 0.00000288. The summed E-state index contributed by atoms with van der Waals surface area (Å²) in [6.07, 6.45) is 1.48. The smallest absolute Gasteiger partial charge is 0.191 e. The molecule has 1 aromatic carbocycles. The van der Waals surface area contributed by atoms with Crippen LogP contribution in [0.25, 0.3) is 0 Å². The number of nitrogens with one attached hydrogen (secondary N) is 2. The highest BCUT2D eigenvalue weighted by atomic mass is 127. The topological polar surface area (TPSA) is 67.1 Å². The van der Waals surface area contributed by atoms with Crippen molar-refractivity contribution in [2.75, 3.05) is 13.6 Å². The molecule has 6 nitrogen and oxygen atoms in total. The molecular formula is C15H21F2IN6. The summed E-state index contributed by atoms with van der Waals surface area (Å²) in [7, 11) is 3.45. The SMILES string of the molecule is CN=C(NCc1ncnn1C)NCC(C)c1ccc(F)cc1F.I. The second-order valence-electron chi connectivity index (χ2n) is 5.17. The number of aromatic nitrogens is 3. The van der Waals surface area contributed by atoms with E-state index < -0.39 is 11.6 Å². The van der Waals surface area contributed by atoms with Crippen molar-refractivity contribution in [2.24, 2.45) is 12.0 Å². The predicted octanol–water partition coefficient (Wildman–Crippen LogP) is 2.18. The van der Waals surface area contributed by atoms with Gasteiger partial charge in [-0.1, -0.05) is 13.0 Å². The van der Waals surface area contributed by atoms with Crippen molar-refractivity contribution in [1.29, 1.82) is 0 Å². The van der Waals surface area contributed by atoms with Gasteiger partial charge in [0, 0.05) is 32.6 Å². The quantitative estimate of drug-likeness (QED) is 0.417. The van der Waals surface area contributed by atoms with Crippen LogP contribution in [0.5, 0.6) is 0 Å². The molecule has 2 rings (SSSR count). The lowest BCUT2D eigenvalue weighted by Crippen LogP contribution is -2.39. The average Bonchev–Trinajstić information content (AvgIpc) is 2.92. The molecule has 1 aromatic heterocycles. The van der Waals surface area contributed by atoms with Gasteiger partial charge < -0.3 is 10.6 Å². The monoisotopic (exact) mass is 450 g/mol. The molecule has 1 atom stereocenters. The Morgan fingerprint density at radius 2 is 2.08 bits per heavy atom. The molecule has 1 unspecified atom stereocenters. The summed E-state index contributed by atoms with van der Waals surface area (Å²) in [6, 6.07) is 3.62. The zero-order valence-electron chi connectivity index (χ0n) is 13.8. The number of nitrogens with zero attached hydrogens (tertiary/aromatic N) is 4. The third kappa shape index (κ3) is 5.39. The van der Waals surface area contributed by atoms with E-state index in [0.29, 0.717) is 24.6 Å². The first-order valence-electron chi connectivity index (χ1n) is 7.23. The third-order valence-corrected chi connectivity index (χ3v) is 3.51. The number of halogens is 3. The number of aliphatic imine (C=N–C) groups is 1.